The monoisotopic (exact) mass is 232 g/mol. The van der Waals surface area contributed by atoms with Gasteiger partial charge >= 0.3 is 5.97 Å². The molecule has 0 aromatic heterocycles. The summed E-state index contributed by atoms with van der Waals surface area (Å²) in [7, 11) is 0. The van der Waals surface area contributed by atoms with Crippen molar-refractivity contribution in [3.8, 4) is 6.07 Å². The largest absolute Gasteiger partial charge is 0.480 e. The Labute approximate surface area is 101 Å². The molecule has 1 atom stereocenters. The standard InChI is InChI=1S/C13H16N2O2/c1-3-4-11(13(16)17)15-12-7-9(2)5-6-10(12)8-14/h5-7,11,15H,3-4H2,1-2H3,(H,16,17). The van der Waals surface area contributed by atoms with Gasteiger partial charge in [-0.2, -0.15) is 5.26 Å². The van der Waals surface area contributed by atoms with E-state index in [1.54, 1.807) is 12.1 Å². The van der Waals surface area contributed by atoms with Crippen LogP contribution in [0.1, 0.15) is 30.9 Å². The molecule has 0 aliphatic carbocycles. The maximum absolute atomic E-state index is 11.0. The van der Waals surface area contributed by atoms with Gasteiger partial charge in [-0.1, -0.05) is 19.4 Å². The highest BCUT2D eigenvalue weighted by Crippen LogP contribution is 2.18. The van der Waals surface area contributed by atoms with Crippen LogP contribution in [0.2, 0.25) is 0 Å². The zero-order chi connectivity index (χ0) is 12.8. The fourth-order valence-corrected chi connectivity index (χ4v) is 1.61. The van der Waals surface area contributed by atoms with Crippen LogP contribution in [0.3, 0.4) is 0 Å². The molecule has 2 N–H and O–H groups in total. The normalized spacial score (nSPS) is 11.6. The van der Waals surface area contributed by atoms with Gasteiger partial charge in [0.15, 0.2) is 0 Å². The molecule has 0 bridgehead atoms. The summed E-state index contributed by atoms with van der Waals surface area (Å²) in [5.74, 6) is -0.891. The Morgan fingerprint density at radius 3 is 2.82 bits per heavy atom. The predicted molar refractivity (Wildman–Crippen MR) is 65.8 cm³/mol. The second kappa shape index (κ2) is 5.90. The van der Waals surface area contributed by atoms with Crippen LogP contribution >= 0.6 is 0 Å². The molecule has 0 aliphatic rings. The number of carbonyl (C=O) groups is 1. The summed E-state index contributed by atoms with van der Waals surface area (Å²) >= 11 is 0. The number of nitriles is 1. The number of hydrogen-bond donors (Lipinski definition) is 2. The number of carboxylic acid groups (broad SMARTS) is 1. The van der Waals surface area contributed by atoms with Crippen LogP contribution in [0.5, 0.6) is 0 Å². The fourth-order valence-electron chi connectivity index (χ4n) is 1.61. The van der Waals surface area contributed by atoms with Crippen LogP contribution < -0.4 is 5.32 Å². The van der Waals surface area contributed by atoms with Crippen LogP contribution in [0.15, 0.2) is 18.2 Å². The molecule has 17 heavy (non-hydrogen) atoms. The second-order valence-corrected chi connectivity index (χ2v) is 3.98. The van der Waals surface area contributed by atoms with E-state index >= 15 is 0 Å². The molecule has 1 aromatic rings. The fraction of sp³-hybridized carbons (Fsp3) is 0.385. The van der Waals surface area contributed by atoms with E-state index in [-0.39, 0.29) is 0 Å². The lowest BCUT2D eigenvalue weighted by Gasteiger charge is -2.16. The van der Waals surface area contributed by atoms with Gasteiger partial charge in [-0.25, -0.2) is 4.79 Å². The van der Waals surface area contributed by atoms with Gasteiger partial charge in [-0.3, -0.25) is 0 Å². The molecule has 0 aliphatic heterocycles. The molecule has 4 heteroatoms. The van der Waals surface area contributed by atoms with Crippen LogP contribution in [-0.2, 0) is 4.79 Å². The molecule has 0 radical (unpaired) electrons. The maximum Gasteiger partial charge on any atom is 0.326 e. The van der Waals surface area contributed by atoms with E-state index < -0.39 is 12.0 Å². The predicted octanol–water partition coefficient (Wildman–Crippen LogP) is 2.53. The third-order valence-corrected chi connectivity index (χ3v) is 2.50. The first kappa shape index (κ1) is 13.0. The van der Waals surface area contributed by atoms with Crippen LogP contribution in [-0.4, -0.2) is 17.1 Å². The first-order valence-corrected chi connectivity index (χ1v) is 5.58. The summed E-state index contributed by atoms with van der Waals surface area (Å²) < 4.78 is 0. The van der Waals surface area contributed by atoms with Crippen LogP contribution in [0.4, 0.5) is 5.69 Å². The average Bonchev–Trinajstić information content (AvgIpc) is 2.28. The van der Waals surface area contributed by atoms with E-state index in [0.717, 1.165) is 12.0 Å². The molecule has 1 unspecified atom stereocenters. The Kier molecular flexibility index (Phi) is 4.53. The van der Waals surface area contributed by atoms with Crippen molar-refractivity contribution in [3.05, 3.63) is 29.3 Å². The highest BCUT2D eigenvalue weighted by atomic mass is 16.4. The summed E-state index contributed by atoms with van der Waals surface area (Å²) in [6.45, 7) is 3.83. The molecule has 0 heterocycles. The Hall–Kier alpha value is -2.02. The summed E-state index contributed by atoms with van der Waals surface area (Å²) in [5.41, 5.74) is 2.05. The van der Waals surface area contributed by atoms with Crippen molar-refractivity contribution in [3.63, 3.8) is 0 Å². The van der Waals surface area contributed by atoms with Gasteiger partial charge < -0.3 is 10.4 Å². The third-order valence-electron chi connectivity index (χ3n) is 2.50. The number of anilines is 1. The maximum atomic E-state index is 11.0. The molecule has 0 amide bonds. The molecular formula is C13H16N2O2. The summed E-state index contributed by atoms with van der Waals surface area (Å²) in [4.78, 5) is 11.0. The van der Waals surface area contributed by atoms with Crippen molar-refractivity contribution in [1.29, 1.82) is 5.26 Å². The first-order valence-electron chi connectivity index (χ1n) is 5.58. The van der Waals surface area contributed by atoms with E-state index in [2.05, 4.69) is 11.4 Å². The number of rotatable bonds is 5. The van der Waals surface area contributed by atoms with Crippen molar-refractivity contribution in [2.45, 2.75) is 32.7 Å². The zero-order valence-electron chi connectivity index (χ0n) is 10.0. The first-order chi connectivity index (χ1) is 8.08. The lowest BCUT2D eigenvalue weighted by molar-refractivity contribution is -0.138. The van der Waals surface area contributed by atoms with E-state index in [4.69, 9.17) is 10.4 Å². The molecule has 4 nitrogen and oxygen atoms in total. The van der Waals surface area contributed by atoms with E-state index in [0.29, 0.717) is 17.7 Å². The molecule has 0 saturated carbocycles. The second-order valence-electron chi connectivity index (χ2n) is 3.98. The van der Waals surface area contributed by atoms with Gasteiger partial charge in [0.05, 0.1) is 11.3 Å². The Bertz CT molecular complexity index is 449. The molecule has 90 valence electrons. The molecular weight excluding hydrogens is 216 g/mol. The smallest absolute Gasteiger partial charge is 0.326 e. The molecule has 0 saturated heterocycles. The van der Waals surface area contributed by atoms with Gasteiger partial charge in [-0.05, 0) is 31.0 Å². The van der Waals surface area contributed by atoms with Crippen molar-refractivity contribution in [2.75, 3.05) is 5.32 Å². The van der Waals surface area contributed by atoms with Crippen LogP contribution in [0, 0.1) is 18.3 Å². The summed E-state index contributed by atoms with van der Waals surface area (Å²) in [6, 6.07) is 6.73. The van der Waals surface area contributed by atoms with E-state index in [1.807, 2.05) is 19.9 Å². The number of nitrogens with zero attached hydrogens (tertiary/aromatic N) is 1. The van der Waals surface area contributed by atoms with Gasteiger partial charge in [-0.15, -0.1) is 0 Å². The minimum absolute atomic E-state index is 0.470. The van der Waals surface area contributed by atoms with E-state index in [9.17, 15) is 4.79 Å². The van der Waals surface area contributed by atoms with Crippen molar-refractivity contribution >= 4 is 11.7 Å². The summed E-state index contributed by atoms with van der Waals surface area (Å²) in [6.07, 6.45) is 1.31. The van der Waals surface area contributed by atoms with Crippen molar-refractivity contribution < 1.29 is 9.90 Å². The highest BCUT2D eigenvalue weighted by Gasteiger charge is 2.17. The van der Waals surface area contributed by atoms with Gasteiger partial charge in [0.1, 0.15) is 12.1 Å². The van der Waals surface area contributed by atoms with E-state index in [1.165, 1.54) is 0 Å². The topological polar surface area (TPSA) is 73.1 Å². The minimum Gasteiger partial charge on any atom is -0.480 e. The third kappa shape index (κ3) is 3.49. The zero-order valence-corrected chi connectivity index (χ0v) is 10.0. The average molecular weight is 232 g/mol. The number of aliphatic carboxylic acids is 1. The number of hydrogen-bond acceptors (Lipinski definition) is 3. The molecule has 1 rings (SSSR count). The Balaban J connectivity index is 2.96. The quantitative estimate of drug-likeness (QED) is 0.818. The number of carboxylic acids is 1. The lowest BCUT2D eigenvalue weighted by atomic mass is 10.1. The molecule has 0 spiro atoms. The number of nitrogens with one attached hydrogen (secondary N) is 1. The van der Waals surface area contributed by atoms with Crippen LogP contribution in [0.25, 0.3) is 0 Å². The van der Waals surface area contributed by atoms with Crippen molar-refractivity contribution in [2.24, 2.45) is 0 Å². The van der Waals surface area contributed by atoms with Gasteiger partial charge in [0, 0.05) is 0 Å². The van der Waals surface area contributed by atoms with Gasteiger partial charge in [0.2, 0.25) is 0 Å². The minimum atomic E-state index is -0.891. The number of benzene rings is 1. The molecule has 0 fully saturated rings. The Morgan fingerprint density at radius 1 is 1.59 bits per heavy atom. The SMILES string of the molecule is CCCC(Nc1cc(C)ccc1C#N)C(=O)O. The number of aryl methyl sites for hydroxylation is 1. The molecule has 1 aromatic carbocycles. The summed E-state index contributed by atoms with van der Waals surface area (Å²) in [5, 5.41) is 20.9. The lowest BCUT2D eigenvalue weighted by Crippen LogP contribution is -2.29. The highest BCUT2D eigenvalue weighted by molar-refractivity contribution is 5.78. The van der Waals surface area contributed by atoms with Gasteiger partial charge in [0.25, 0.3) is 0 Å². The van der Waals surface area contributed by atoms with Crippen molar-refractivity contribution in [1.82, 2.24) is 0 Å². The Morgan fingerprint density at radius 2 is 2.29 bits per heavy atom.